The smallest absolute Gasteiger partial charge is 0.251 e. The van der Waals surface area contributed by atoms with E-state index in [-0.39, 0.29) is 16.7 Å². The van der Waals surface area contributed by atoms with Gasteiger partial charge in [0, 0.05) is 12.3 Å². The van der Waals surface area contributed by atoms with Gasteiger partial charge in [-0.05, 0) is 105 Å². The average molecular weight is 421 g/mol. The molecule has 31 heavy (non-hydrogen) atoms. The third-order valence-electron chi connectivity index (χ3n) is 10.2. The number of amides is 1. The minimum atomic E-state index is -0.239. The quantitative estimate of drug-likeness (QED) is 0.589. The highest BCUT2D eigenvalue weighted by molar-refractivity contribution is 5.90. The van der Waals surface area contributed by atoms with E-state index < -0.39 is 0 Å². The first-order chi connectivity index (χ1) is 15.0. The SMILES string of the molecule is CCC1(CC)C2CC3(C(=O)N=CC4CCC(N)CC4)C[C@H]1CC(c1ccccc1)(C2)C3. The number of aliphatic imine (C=N–C) groups is 1. The van der Waals surface area contributed by atoms with Crippen LogP contribution in [0.15, 0.2) is 35.3 Å². The molecule has 3 unspecified atom stereocenters. The molecule has 0 radical (unpaired) electrons. The van der Waals surface area contributed by atoms with Crippen LogP contribution < -0.4 is 5.73 Å². The van der Waals surface area contributed by atoms with Gasteiger partial charge in [0.1, 0.15) is 0 Å². The molecule has 1 amide bonds. The Kier molecular flexibility index (Phi) is 5.40. The van der Waals surface area contributed by atoms with Crippen molar-refractivity contribution in [1.82, 2.24) is 0 Å². The Bertz CT molecular complexity index is 814. The fourth-order valence-corrected chi connectivity index (χ4v) is 8.67. The van der Waals surface area contributed by atoms with Crippen LogP contribution in [0.5, 0.6) is 0 Å². The Morgan fingerprint density at radius 1 is 1.00 bits per heavy atom. The van der Waals surface area contributed by atoms with Gasteiger partial charge in [0.25, 0.3) is 5.91 Å². The summed E-state index contributed by atoms with van der Waals surface area (Å²) in [7, 11) is 0. The number of hydrogen-bond acceptors (Lipinski definition) is 2. The highest BCUT2D eigenvalue weighted by atomic mass is 16.1. The molecule has 5 saturated carbocycles. The van der Waals surface area contributed by atoms with E-state index in [9.17, 15) is 4.79 Å². The highest BCUT2D eigenvalue weighted by Crippen LogP contribution is 2.73. The molecule has 5 aliphatic rings. The first-order valence-electron chi connectivity index (χ1n) is 12.8. The van der Waals surface area contributed by atoms with E-state index in [1.807, 2.05) is 6.21 Å². The number of benzene rings is 1. The summed E-state index contributed by atoms with van der Waals surface area (Å²) in [5.74, 6) is 1.93. The molecule has 3 heteroatoms. The Morgan fingerprint density at radius 3 is 2.19 bits per heavy atom. The van der Waals surface area contributed by atoms with Crippen LogP contribution in [-0.2, 0) is 10.2 Å². The van der Waals surface area contributed by atoms with Crippen LogP contribution in [0.1, 0.15) is 90.0 Å². The average Bonchev–Trinajstić information content (AvgIpc) is 2.79. The summed E-state index contributed by atoms with van der Waals surface area (Å²) >= 11 is 0. The van der Waals surface area contributed by atoms with Gasteiger partial charge >= 0.3 is 0 Å². The summed E-state index contributed by atoms with van der Waals surface area (Å²) < 4.78 is 0. The number of nitrogens with zero attached hydrogens (tertiary/aromatic N) is 1. The lowest BCUT2D eigenvalue weighted by Crippen LogP contribution is -2.63. The summed E-state index contributed by atoms with van der Waals surface area (Å²) in [5.41, 5.74) is 7.88. The van der Waals surface area contributed by atoms with Crippen LogP contribution in [0.3, 0.4) is 0 Å². The predicted molar refractivity (Wildman–Crippen MR) is 127 cm³/mol. The molecule has 0 aliphatic heterocycles. The van der Waals surface area contributed by atoms with Crippen LogP contribution in [-0.4, -0.2) is 18.2 Å². The normalized spacial score (nSPS) is 41.0. The zero-order valence-corrected chi connectivity index (χ0v) is 19.5. The second-order valence-electron chi connectivity index (χ2n) is 11.5. The summed E-state index contributed by atoms with van der Waals surface area (Å²) in [6, 6.07) is 11.5. The van der Waals surface area contributed by atoms with Gasteiger partial charge in [-0.3, -0.25) is 4.79 Å². The summed E-state index contributed by atoms with van der Waals surface area (Å²) in [6.07, 6.45) is 14.4. The molecule has 2 N–H and O–H groups in total. The molecule has 1 aromatic carbocycles. The second-order valence-corrected chi connectivity index (χ2v) is 11.5. The van der Waals surface area contributed by atoms with Crippen molar-refractivity contribution in [2.24, 2.45) is 39.3 Å². The van der Waals surface area contributed by atoms with E-state index in [2.05, 4.69) is 49.2 Å². The third kappa shape index (κ3) is 3.34. The fourth-order valence-electron chi connectivity index (χ4n) is 8.67. The van der Waals surface area contributed by atoms with E-state index in [0.717, 1.165) is 44.9 Å². The monoisotopic (exact) mass is 420 g/mol. The molecule has 0 saturated heterocycles. The molecule has 1 aromatic rings. The van der Waals surface area contributed by atoms with Crippen molar-refractivity contribution in [3.8, 4) is 0 Å². The van der Waals surface area contributed by atoms with Crippen LogP contribution >= 0.6 is 0 Å². The molecule has 4 atom stereocenters. The molecule has 0 aromatic heterocycles. The van der Waals surface area contributed by atoms with Crippen molar-refractivity contribution in [2.75, 3.05) is 0 Å². The number of hydrogen-bond donors (Lipinski definition) is 1. The molecule has 0 heterocycles. The van der Waals surface area contributed by atoms with Crippen LogP contribution in [0.4, 0.5) is 0 Å². The van der Waals surface area contributed by atoms with E-state index in [1.165, 1.54) is 31.2 Å². The van der Waals surface area contributed by atoms with Crippen LogP contribution in [0.2, 0.25) is 0 Å². The Hall–Kier alpha value is -1.48. The Balaban J connectivity index is 1.46. The van der Waals surface area contributed by atoms with Crippen molar-refractivity contribution in [3.63, 3.8) is 0 Å². The Labute approximate surface area is 188 Å². The van der Waals surface area contributed by atoms with Gasteiger partial charge in [0.05, 0.1) is 5.41 Å². The summed E-state index contributed by atoms with van der Waals surface area (Å²) in [5, 5.41) is 0. The predicted octanol–water partition coefficient (Wildman–Crippen LogP) is 6.06. The van der Waals surface area contributed by atoms with Crippen molar-refractivity contribution in [1.29, 1.82) is 0 Å². The van der Waals surface area contributed by atoms with Gasteiger partial charge in [0.2, 0.25) is 0 Å². The lowest BCUT2D eigenvalue weighted by molar-refractivity contribution is -0.178. The third-order valence-corrected chi connectivity index (χ3v) is 10.2. The van der Waals surface area contributed by atoms with Crippen LogP contribution in [0, 0.1) is 28.6 Å². The van der Waals surface area contributed by atoms with Gasteiger partial charge < -0.3 is 5.73 Å². The number of carbonyl (C=O) groups is 1. The number of carbonyl (C=O) groups excluding carboxylic acids is 1. The molecular weight excluding hydrogens is 380 g/mol. The molecule has 4 bridgehead atoms. The molecule has 6 rings (SSSR count). The van der Waals surface area contributed by atoms with Gasteiger partial charge in [-0.15, -0.1) is 0 Å². The lowest BCUT2D eigenvalue weighted by atomic mass is 9.35. The van der Waals surface area contributed by atoms with Crippen molar-refractivity contribution in [2.45, 2.75) is 95.9 Å². The zero-order valence-electron chi connectivity index (χ0n) is 19.5. The van der Waals surface area contributed by atoms with E-state index in [1.54, 1.807) is 0 Å². The van der Waals surface area contributed by atoms with Gasteiger partial charge in [0.15, 0.2) is 0 Å². The second kappa shape index (κ2) is 7.83. The fraction of sp³-hybridized carbons (Fsp3) is 0.714. The number of rotatable bonds is 5. The van der Waals surface area contributed by atoms with Gasteiger partial charge in [-0.25, -0.2) is 4.99 Å². The number of nitrogens with two attached hydrogens (primary N) is 1. The molecular formula is C28H40N2O. The standard InChI is InChI=1S/C28H40N2O/c1-3-28(4-2)22-14-26(21-8-6-5-7-9-21)15-23(28)17-27(16-22,19-26)25(31)30-18-20-10-12-24(29)13-11-20/h5-9,18,20,22-24H,3-4,10-17,19,29H2,1-2H3/t20?,22-,23?,24?,26?,27?/m1/s1. The highest BCUT2D eigenvalue weighted by Gasteiger charge is 2.67. The van der Waals surface area contributed by atoms with Crippen molar-refractivity contribution >= 4 is 12.1 Å². The van der Waals surface area contributed by atoms with Crippen molar-refractivity contribution < 1.29 is 4.79 Å². The molecule has 5 fully saturated rings. The molecule has 5 aliphatic carbocycles. The molecule has 0 spiro atoms. The largest absolute Gasteiger partial charge is 0.328 e. The summed E-state index contributed by atoms with van der Waals surface area (Å²) in [6.45, 7) is 4.78. The van der Waals surface area contributed by atoms with Gasteiger partial charge in [-0.2, -0.15) is 0 Å². The topological polar surface area (TPSA) is 55.5 Å². The lowest BCUT2D eigenvalue weighted by Gasteiger charge is -2.68. The minimum absolute atomic E-state index is 0.170. The molecule has 3 nitrogen and oxygen atoms in total. The first kappa shape index (κ1) is 21.4. The van der Waals surface area contributed by atoms with Crippen LogP contribution in [0.25, 0.3) is 0 Å². The Morgan fingerprint density at radius 2 is 1.61 bits per heavy atom. The van der Waals surface area contributed by atoms with E-state index in [0.29, 0.717) is 29.2 Å². The van der Waals surface area contributed by atoms with E-state index in [4.69, 9.17) is 5.73 Å². The minimum Gasteiger partial charge on any atom is -0.328 e. The van der Waals surface area contributed by atoms with Crippen molar-refractivity contribution in [3.05, 3.63) is 35.9 Å². The van der Waals surface area contributed by atoms with E-state index >= 15 is 0 Å². The summed E-state index contributed by atoms with van der Waals surface area (Å²) in [4.78, 5) is 18.4. The maximum absolute atomic E-state index is 13.7. The maximum Gasteiger partial charge on any atom is 0.251 e. The first-order valence-corrected chi connectivity index (χ1v) is 12.8. The molecule has 168 valence electrons. The zero-order chi connectivity index (χ0) is 21.7. The maximum atomic E-state index is 13.7. The van der Waals surface area contributed by atoms with Gasteiger partial charge in [-0.1, -0.05) is 44.2 Å².